The monoisotopic (exact) mass is 284 g/mol. The first kappa shape index (κ1) is 17.3. The molecule has 1 amide bonds. The predicted molar refractivity (Wildman–Crippen MR) is 83.0 cm³/mol. The molecule has 0 aliphatic carbocycles. The summed E-state index contributed by atoms with van der Waals surface area (Å²) in [6.45, 7) is 11.8. The van der Waals surface area contributed by atoms with Crippen LogP contribution in [0.4, 0.5) is 4.79 Å². The molecule has 0 aromatic rings. The molecule has 20 heavy (non-hydrogen) atoms. The number of unbranched alkanes of at least 4 members (excludes halogenated alkanes) is 2. The van der Waals surface area contributed by atoms with Gasteiger partial charge in [-0.25, -0.2) is 4.79 Å². The second kappa shape index (κ2) is 7.87. The van der Waals surface area contributed by atoms with E-state index < -0.39 is 5.60 Å². The molecule has 0 saturated carbocycles. The molecule has 1 heterocycles. The summed E-state index contributed by atoms with van der Waals surface area (Å²) in [6.07, 6.45) is 5.92. The van der Waals surface area contributed by atoms with Crippen molar-refractivity contribution in [1.29, 1.82) is 0 Å². The van der Waals surface area contributed by atoms with Gasteiger partial charge in [-0.2, -0.15) is 0 Å². The Morgan fingerprint density at radius 1 is 1.40 bits per heavy atom. The maximum absolute atomic E-state index is 12.0. The first-order valence-electron chi connectivity index (χ1n) is 8.05. The van der Waals surface area contributed by atoms with Crippen LogP contribution in [0.1, 0.15) is 66.7 Å². The molecule has 2 unspecified atom stereocenters. The van der Waals surface area contributed by atoms with Crippen LogP contribution in [0.5, 0.6) is 0 Å². The molecule has 0 spiro atoms. The first-order chi connectivity index (χ1) is 9.31. The zero-order valence-corrected chi connectivity index (χ0v) is 13.9. The van der Waals surface area contributed by atoms with Crippen LogP contribution < -0.4 is 5.32 Å². The number of carbonyl (C=O) groups is 1. The van der Waals surface area contributed by atoms with Crippen molar-refractivity contribution >= 4 is 6.09 Å². The van der Waals surface area contributed by atoms with Crippen LogP contribution in [0.3, 0.4) is 0 Å². The van der Waals surface area contributed by atoms with Crippen LogP contribution in [0.25, 0.3) is 0 Å². The summed E-state index contributed by atoms with van der Waals surface area (Å²) in [4.78, 5) is 13.8. The Bertz CT molecular complexity index is 299. The highest BCUT2D eigenvalue weighted by atomic mass is 16.6. The molecular weight excluding hydrogens is 252 g/mol. The maximum Gasteiger partial charge on any atom is 0.410 e. The summed E-state index contributed by atoms with van der Waals surface area (Å²) in [7, 11) is 0. The third kappa shape index (κ3) is 6.60. The van der Waals surface area contributed by atoms with Crippen molar-refractivity contribution in [1.82, 2.24) is 10.2 Å². The quantitative estimate of drug-likeness (QED) is 0.758. The van der Waals surface area contributed by atoms with Gasteiger partial charge in [-0.15, -0.1) is 0 Å². The van der Waals surface area contributed by atoms with Crippen molar-refractivity contribution in [3.05, 3.63) is 0 Å². The predicted octanol–water partition coefficient (Wildman–Crippen LogP) is 3.55. The fourth-order valence-corrected chi connectivity index (χ4v) is 2.57. The van der Waals surface area contributed by atoms with E-state index in [1.165, 1.54) is 25.7 Å². The summed E-state index contributed by atoms with van der Waals surface area (Å²) < 4.78 is 5.41. The van der Waals surface area contributed by atoms with Crippen LogP contribution in [-0.2, 0) is 4.74 Å². The first-order valence-corrected chi connectivity index (χ1v) is 8.05. The fourth-order valence-electron chi connectivity index (χ4n) is 2.57. The molecule has 4 nitrogen and oxygen atoms in total. The molecule has 1 N–H and O–H groups in total. The average molecular weight is 284 g/mol. The lowest BCUT2D eigenvalue weighted by Crippen LogP contribution is -2.41. The Hall–Kier alpha value is -0.770. The molecule has 1 aliphatic heterocycles. The summed E-state index contributed by atoms with van der Waals surface area (Å²) in [5, 5.41) is 3.64. The van der Waals surface area contributed by atoms with Gasteiger partial charge in [0, 0.05) is 25.2 Å². The zero-order chi connectivity index (χ0) is 15.2. The Morgan fingerprint density at radius 3 is 2.70 bits per heavy atom. The number of amides is 1. The highest BCUT2D eigenvalue weighted by Crippen LogP contribution is 2.16. The van der Waals surface area contributed by atoms with Crippen molar-refractivity contribution in [2.75, 3.05) is 13.1 Å². The number of likely N-dealkylation sites (tertiary alicyclic amines) is 1. The lowest BCUT2D eigenvalue weighted by atomic mass is 10.1. The Balaban J connectivity index is 2.27. The minimum Gasteiger partial charge on any atom is -0.444 e. The lowest BCUT2D eigenvalue weighted by molar-refractivity contribution is 0.0290. The van der Waals surface area contributed by atoms with Gasteiger partial charge in [-0.3, -0.25) is 0 Å². The van der Waals surface area contributed by atoms with Gasteiger partial charge in [-0.05, 0) is 40.5 Å². The largest absolute Gasteiger partial charge is 0.444 e. The Morgan fingerprint density at radius 2 is 2.10 bits per heavy atom. The number of nitrogens with zero attached hydrogens (tertiary/aromatic N) is 1. The number of carbonyl (C=O) groups excluding carboxylic acids is 1. The normalized spacial score (nSPS) is 21.1. The number of nitrogens with one attached hydrogen (secondary N) is 1. The number of hydrogen-bond acceptors (Lipinski definition) is 3. The standard InChI is InChI=1S/C16H32N2O2/c1-6-7-8-9-13(2)17-14-10-11-18(12-14)15(19)20-16(3,4)5/h13-14,17H,6-12H2,1-5H3. The minimum absolute atomic E-state index is 0.180. The van der Waals surface area contributed by atoms with E-state index >= 15 is 0 Å². The minimum atomic E-state index is -0.407. The Labute approximate surface area is 124 Å². The van der Waals surface area contributed by atoms with Crippen molar-refractivity contribution in [3.8, 4) is 0 Å². The van der Waals surface area contributed by atoms with Gasteiger partial charge in [0.25, 0.3) is 0 Å². The van der Waals surface area contributed by atoms with Gasteiger partial charge in [0.2, 0.25) is 0 Å². The van der Waals surface area contributed by atoms with Crippen molar-refractivity contribution < 1.29 is 9.53 Å². The van der Waals surface area contributed by atoms with Crippen LogP contribution in [0.15, 0.2) is 0 Å². The van der Waals surface area contributed by atoms with Crippen molar-refractivity contribution in [2.24, 2.45) is 0 Å². The Kier molecular flexibility index (Phi) is 6.80. The van der Waals surface area contributed by atoms with Gasteiger partial charge >= 0.3 is 6.09 Å². The van der Waals surface area contributed by atoms with E-state index in [4.69, 9.17) is 4.74 Å². The van der Waals surface area contributed by atoms with Crippen LogP contribution in [0.2, 0.25) is 0 Å². The smallest absolute Gasteiger partial charge is 0.410 e. The molecule has 0 aromatic heterocycles. The SMILES string of the molecule is CCCCCC(C)NC1CCN(C(=O)OC(C)(C)C)C1. The van der Waals surface area contributed by atoms with Crippen molar-refractivity contribution in [2.45, 2.75) is 84.4 Å². The molecule has 0 radical (unpaired) electrons. The van der Waals surface area contributed by atoms with E-state index in [9.17, 15) is 4.79 Å². The second-order valence-corrected chi connectivity index (χ2v) is 6.98. The summed E-state index contributed by atoms with van der Waals surface area (Å²) in [5.74, 6) is 0. The average Bonchev–Trinajstić information content (AvgIpc) is 2.75. The summed E-state index contributed by atoms with van der Waals surface area (Å²) in [5.41, 5.74) is -0.407. The molecule has 2 atom stereocenters. The maximum atomic E-state index is 12.0. The highest BCUT2D eigenvalue weighted by molar-refractivity contribution is 5.68. The molecule has 1 rings (SSSR count). The molecule has 1 saturated heterocycles. The van der Waals surface area contributed by atoms with E-state index in [1.54, 1.807) is 0 Å². The molecule has 1 fully saturated rings. The third-order valence-corrected chi connectivity index (χ3v) is 3.60. The van der Waals surface area contributed by atoms with E-state index in [0.717, 1.165) is 19.5 Å². The van der Waals surface area contributed by atoms with Gasteiger partial charge < -0.3 is 15.0 Å². The van der Waals surface area contributed by atoms with Gasteiger partial charge in [0.05, 0.1) is 0 Å². The molecule has 0 bridgehead atoms. The number of rotatable bonds is 6. The summed E-state index contributed by atoms with van der Waals surface area (Å²) in [6, 6.07) is 0.948. The van der Waals surface area contributed by atoms with Crippen LogP contribution in [0, 0.1) is 0 Å². The van der Waals surface area contributed by atoms with E-state index in [1.807, 2.05) is 25.7 Å². The highest BCUT2D eigenvalue weighted by Gasteiger charge is 2.30. The zero-order valence-electron chi connectivity index (χ0n) is 13.9. The van der Waals surface area contributed by atoms with Gasteiger partial charge in [0.15, 0.2) is 0 Å². The van der Waals surface area contributed by atoms with E-state index in [-0.39, 0.29) is 6.09 Å². The topological polar surface area (TPSA) is 41.6 Å². The fraction of sp³-hybridized carbons (Fsp3) is 0.938. The molecule has 4 heteroatoms. The van der Waals surface area contributed by atoms with Crippen LogP contribution >= 0.6 is 0 Å². The second-order valence-electron chi connectivity index (χ2n) is 6.98. The third-order valence-electron chi connectivity index (χ3n) is 3.60. The number of ether oxygens (including phenoxy) is 1. The summed E-state index contributed by atoms with van der Waals surface area (Å²) >= 11 is 0. The number of hydrogen-bond donors (Lipinski definition) is 1. The molecular formula is C16H32N2O2. The molecule has 0 aromatic carbocycles. The van der Waals surface area contributed by atoms with E-state index in [0.29, 0.717) is 12.1 Å². The van der Waals surface area contributed by atoms with E-state index in [2.05, 4.69) is 19.2 Å². The van der Waals surface area contributed by atoms with Crippen molar-refractivity contribution in [3.63, 3.8) is 0 Å². The van der Waals surface area contributed by atoms with Gasteiger partial charge in [0.1, 0.15) is 5.60 Å². The molecule has 118 valence electrons. The van der Waals surface area contributed by atoms with Gasteiger partial charge in [-0.1, -0.05) is 26.2 Å². The molecule has 1 aliphatic rings. The van der Waals surface area contributed by atoms with Crippen LogP contribution in [-0.4, -0.2) is 41.8 Å². The lowest BCUT2D eigenvalue weighted by Gasteiger charge is -2.25.